The van der Waals surface area contributed by atoms with E-state index in [2.05, 4.69) is 52.9 Å². The molecule has 1 aromatic rings. The number of rotatable bonds is 4. The van der Waals surface area contributed by atoms with Crippen LogP contribution in [-0.2, 0) is 0 Å². The SMILES string of the molecule is C=C(C)CCNc1cc(C)ccc1Br. The Balaban J connectivity index is 2.57. The van der Waals surface area contributed by atoms with Crippen molar-refractivity contribution >= 4 is 21.6 Å². The summed E-state index contributed by atoms with van der Waals surface area (Å²) >= 11 is 3.51. The van der Waals surface area contributed by atoms with Crippen LogP contribution in [0.3, 0.4) is 0 Å². The maximum absolute atomic E-state index is 3.87. The van der Waals surface area contributed by atoms with Gasteiger partial charge in [-0.25, -0.2) is 0 Å². The van der Waals surface area contributed by atoms with Gasteiger partial charge in [0, 0.05) is 16.7 Å². The molecule has 76 valence electrons. The lowest BCUT2D eigenvalue weighted by Crippen LogP contribution is -2.02. The predicted molar refractivity (Wildman–Crippen MR) is 66.8 cm³/mol. The standard InChI is InChI=1S/C12H16BrN/c1-9(2)6-7-14-12-8-10(3)4-5-11(12)13/h4-5,8,14H,1,6-7H2,2-3H3. The summed E-state index contributed by atoms with van der Waals surface area (Å²) in [5.41, 5.74) is 3.64. The number of benzene rings is 1. The molecule has 0 saturated carbocycles. The van der Waals surface area contributed by atoms with Gasteiger partial charge in [0.2, 0.25) is 0 Å². The molecule has 0 spiro atoms. The first-order chi connectivity index (χ1) is 6.59. The van der Waals surface area contributed by atoms with Crippen molar-refractivity contribution in [2.24, 2.45) is 0 Å². The van der Waals surface area contributed by atoms with E-state index in [-0.39, 0.29) is 0 Å². The fraction of sp³-hybridized carbons (Fsp3) is 0.333. The first-order valence-corrected chi connectivity index (χ1v) is 5.53. The van der Waals surface area contributed by atoms with Crippen molar-refractivity contribution in [2.45, 2.75) is 20.3 Å². The van der Waals surface area contributed by atoms with Crippen molar-refractivity contribution in [3.8, 4) is 0 Å². The largest absolute Gasteiger partial charge is 0.384 e. The molecule has 0 fully saturated rings. The summed E-state index contributed by atoms with van der Waals surface area (Å²) < 4.78 is 1.12. The maximum atomic E-state index is 3.87. The smallest absolute Gasteiger partial charge is 0.0487 e. The van der Waals surface area contributed by atoms with Gasteiger partial charge in [-0.2, -0.15) is 0 Å². The molecule has 0 aromatic heterocycles. The molecule has 0 amide bonds. The molecule has 0 aliphatic carbocycles. The van der Waals surface area contributed by atoms with Gasteiger partial charge in [0.05, 0.1) is 0 Å². The first-order valence-electron chi connectivity index (χ1n) is 4.74. The van der Waals surface area contributed by atoms with Crippen molar-refractivity contribution in [1.29, 1.82) is 0 Å². The molecule has 1 aromatic carbocycles. The average Bonchev–Trinajstić information content (AvgIpc) is 2.10. The average molecular weight is 254 g/mol. The van der Waals surface area contributed by atoms with Crippen LogP contribution in [-0.4, -0.2) is 6.54 Å². The van der Waals surface area contributed by atoms with Crippen LogP contribution in [0.4, 0.5) is 5.69 Å². The van der Waals surface area contributed by atoms with Gasteiger partial charge in [-0.05, 0) is 53.9 Å². The zero-order valence-corrected chi connectivity index (χ0v) is 10.3. The van der Waals surface area contributed by atoms with Gasteiger partial charge in [-0.15, -0.1) is 6.58 Å². The lowest BCUT2D eigenvalue weighted by molar-refractivity contribution is 1.00. The normalized spacial score (nSPS) is 9.93. The van der Waals surface area contributed by atoms with Gasteiger partial charge < -0.3 is 5.32 Å². The van der Waals surface area contributed by atoms with E-state index in [9.17, 15) is 0 Å². The molecule has 2 heteroatoms. The number of hydrogen-bond donors (Lipinski definition) is 1. The molecular weight excluding hydrogens is 238 g/mol. The minimum absolute atomic E-state index is 0.942. The molecule has 1 N–H and O–H groups in total. The summed E-state index contributed by atoms with van der Waals surface area (Å²) in [6.45, 7) is 8.96. The van der Waals surface area contributed by atoms with Crippen LogP contribution in [0.1, 0.15) is 18.9 Å². The highest BCUT2D eigenvalue weighted by Crippen LogP contribution is 2.23. The lowest BCUT2D eigenvalue weighted by Gasteiger charge is -2.09. The zero-order valence-electron chi connectivity index (χ0n) is 8.73. The zero-order chi connectivity index (χ0) is 10.6. The van der Waals surface area contributed by atoms with Crippen molar-refractivity contribution in [3.05, 3.63) is 40.4 Å². The Labute approximate surface area is 94.3 Å². The van der Waals surface area contributed by atoms with Crippen LogP contribution < -0.4 is 5.32 Å². The number of aryl methyl sites for hydroxylation is 1. The van der Waals surface area contributed by atoms with Crippen LogP contribution in [0.25, 0.3) is 0 Å². The van der Waals surface area contributed by atoms with E-state index < -0.39 is 0 Å². The molecule has 0 aliphatic rings. The van der Waals surface area contributed by atoms with E-state index in [1.807, 2.05) is 6.92 Å². The minimum atomic E-state index is 0.942. The molecule has 0 heterocycles. The third-order valence-corrected chi connectivity index (χ3v) is 2.68. The monoisotopic (exact) mass is 253 g/mol. The molecule has 14 heavy (non-hydrogen) atoms. The fourth-order valence-corrected chi connectivity index (χ4v) is 1.57. The number of hydrogen-bond acceptors (Lipinski definition) is 1. The Morgan fingerprint density at radius 2 is 2.21 bits per heavy atom. The van der Waals surface area contributed by atoms with E-state index in [1.165, 1.54) is 11.1 Å². The Morgan fingerprint density at radius 1 is 1.50 bits per heavy atom. The van der Waals surface area contributed by atoms with Crippen molar-refractivity contribution in [2.75, 3.05) is 11.9 Å². The van der Waals surface area contributed by atoms with Crippen LogP contribution in [0.5, 0.6) is 0 Å². The highest BCUT2D eigenvalue weighted by molar-refractivity contribution is 9.10. The topological polar surface area (TPSA) is 12.0 Å². The molecule has 0 saturated heterocycles. The summed E-state index contributed by atoms with van der Waals surface area (Å²) in [6.07, 6.45) is 1.01. The van der Waals surface area contributed by atoms with Gasteiger partial charge in [-0.3, -0.25) is 0 Å². The summed E-state index contributed by atoms with van der Waals surface area (Å²) in [4.78, 5) is 0. The van der Waals surface area contributed by atoms with Crippen LogP contribution >= 0.6 is 15.9 Å². The summed E-state index contributed by atoms with van der Waals surface area (Å²) in [5, 5.41) is 3.38. The highest BCUT2D eigenvalue weighted by atomic mass is 79.9. The second kappa shape index (κ2) is 5.20. The Morgan fingerprint density at radius 3 is 2.86 bits per heavy atom. The Hall–Kier alpha value is -0.760. The van der Waals surface area contributed by atoms with Gasteiger partial charge >= 0.3 is 0 Å². The van der Waals surface area contributed by atoms with E-state index in [4.69, 9.17) is 0 Å². The molecule has 0 bridgehead atoms. The molecule has 0 atom stereocenters. The van der Waals surface area contributed by atoms with Gasteiger partial charge in [-0.1, -0.05) is 11.6 Å². The molecule has 0 unspecified atom stereocenters. The van der Waals surface area contributed by atoms with Gasteiger partial charge in [0.15, 0.2) is 0 Å². The Bertz CT molecular complexity index is 331. The number of halogens is 1. The predicted octanol–water partition coefficient (Wildman–Crippen LogP) is 4.14. The Kier molecular flexibility index (Phi) is 4.21. The van der Waals surface area contributed by atoms with E-state index >= 15 is 0 Å². The maximum Gasteiger partial charge on any atom is 0.0487 e. The second-order valence-corrected chi connectivity index (χ2v) is 4.47. The first kappa shape index (κ1) is 11.3. The van der Waals surface area contributed by atoms with Crippen LogP contribution in [0, 0.1) is 6.92 Å². The number of anilines is 1. The van der Waals surface area contributed by atoms with Crippen LogP contribution in [0.15, 0.2) is 34.8 Å². The summed E-state index contributed by atoms with van der Waals surface area (Å²) in [5.74, 6) is 0. The van der Waals surface area contributed by atoms with Crippen molar-refractivity contribution in [1.82, 2.24) is 0 Å². The molecule has 1 nitrogen and oxygen atoms in total. The number of nitrogens with one attached hydrogen (secondary N) is 1. The highest BCUT2D eigenvalue weighted by Gasteiger charge is 1.98. The second-order valence-electron chi connectivity index (χ2n) is 3.62. The van der Waals surface area contributed by atoms with E-state index in [0.29, 0.717) is 0 Å². The minimum Gasteiger partial charge on any atom is -0.384 e. The van der Waals surface area contributed by atoms with Crippen LogP contribution in [0.2, 0.25) is 0 Å². The quantitative estimate of drug-likeness (QED) is 0.796. The summed E-state index contributed by atoms with van der Waals surface area (Å²) in [7, 11) is 0. The molecule has 1 rings (SSSR count). The molecule has 0 radical (unpaired) electrons. The van der Waals surface area contributed by atoms with E-state index in [1.54, 1.807) is 0 Å². The van der Waals surface area contributed by atoms with Gasteiger partial charge in [0.1, 0.15) is 0 Å². The molecular formula is C12H16BrN. The third-order valence-electron chi connectivity index (χ3n) is 1.99. The summed E-state index contributed by atoms with van der Waals surface area (Å²) in [6, 6.07) is 6.30. The fourth-order valence-electron chi connectivity index (χ4n) is 1.19. The van der Waals surface area contributed by atoms with E-state index in [0.717, 1.165) is 23.1 Å². The third kappa shape index (κ3) is 3.54. The van der Waals surface area contributed by atoms with Crippen molar-refractivity contribution < 1.29 is 0 Å². The van der Waals surface area contributed by atoms with Gasteiger partial charge in [0.25, 0.3) is 0 Å². The lowest BCUT2D eigenvalue weighted by atomic mass is 10.2. The van der Waals surface area contributed by atoms with Crippen molar-refractivity contribution in [3.63, 3.8) is 0 Å². The molecule has 0 aliphatic heterocycles.